The third-order valence-corrected chi connectivity index (χ3v) is 2.12. The third-order valence-electron chi connectivity index (χ3n) is 2.12. The molecule has 94 valence electrons. The van der Waals surface area contributed by atoms with Gasteiger partial charge in [-0.2, -0.15) is 13.2 Å². The maximum Gasteiger partial charge on any atom is 0.416 e. The lowest BCUT2D eigenvalue weighted by Gasteiger charge is -2.07. The number of nitrogens with zero attached hydrogens (tertiary/aromatic N) is 4. The van der Waals surface area contributed by atoms with E-state index in [9.17, 15) is 17.6 Å². The summed E-state index contributed by atoms with van der Waals surface area (Å²) in [5, 5.41) is 14.2. The van der Waals surface area contributed by atoms with Crippen molar-refractivity contribution < 1.29 is 17.6 Å². The summed E-state index contributed by atoms with van der Waals surface area (Å²) < 4.78 is 50.5. The Kier molecular flexibility index (Phi) is 2.93. The zero-order valence-electron chi connectivity index (χ0n) is 9.03. The standard InChI is InChI=1S/C10H6F4N4/c1-5-15-17-9(18-16-5)7-3-2-6(4-8(7)11)10(12,13)14/h2-4H,1H3. The van der Waals surface area contributed by atoms with Crippen LogP contribution >= 0.6 is 0 Å². The zero-order valence-corrected chi connectivity index (χ0v) is 9.03. The Morgan fingerprint density at radius 3 is 2.11 bits per heavy atom. The molecule has 0 aliphatic rings. The Morgan fingerprint density at radius 2 is 1.61 bits per heavy atom. The lowest BCUT2D eigenvalue weighted by atomic mass is 10.1. The Hall–Kier alpha value is -2.12. The zero-order chi connectivity index (χ0) is 13.3. The molecule has 0 aliphatic heterocycles. The van der Waals surface area contributed by atoms with Gasteiger partial charge in [-0.25, -0.2) is 4.39 Å². The van der Waals surface area contributed by atoms with Gasteiger partial charge in [0.1, 0.15) is 5.82 Å². The summed E-state index contributed by atoms with van der Waals surface area (Å²) in [5.74, 6) is -0.949. The van der Waals surface area contributed by atoms with Crippen LogP contribution in [0.1, 0.15) is 11.4 Å². The van der Waals surface area contributed by atoms with E-state index in [2.05, 4.69) is 20.4 Å². The summed E-state index contributed by atoms with van der Waals surface area (Å²) in [6.07, 6.45) is -4.59. The fourth-order valence-corrected chi connectivity index (χ4v) is 1.26. The number of alkyl halides is 3. The second-order valence-electron chi connectivity index (χ2n) is 3.46. The van der Waals surface area contributed by atoms with E-state index in [4.69, 9.17) is 0 Å². The highest BCUT2D eigenvalue weighted by Gasteiger charge is 2.31. The van der Waals surface area contributed by atoms with Crippen molar-refractivity contribution in [2.75, 3.05) is 0 Å². The summed E-state index contributed by atoms with van der Waals surface area (Å²) in [5.41, 5.74) is -1.25. The second kappa shape index (κ2) is 4.28. The predicted octanol–water partition coefficient (Wildman–Crippen LogP) is 2.40. The van der Waals surface area contributed by atoms with Crippen LogP contribution in [0.5, 0.6) is 0 Å². The first-order valence-electron chi connectivity index (χ1n) is 4.79. The molecule has 0 amide bonds. The minimum Gasteiger partial charge on any atom is -0.206 e. The largest absolute Gasteiger partial charge is 0.416 e. The van der Waals surface area contributed by atoms with Crippen LogP contribution in [0.3, 0.4) is 0 Å². The Bertz CT molecular complexity index is 565. The van der Waals surface area contributed by atoms with Gasteiger partial charge in [0, 0.05) is 0 Å². The molecule has 0 fully saturated rings. The Labute approximate surface area is 98.7 Å². The molecule has 0 saturated carbocycles. The number of benzene rings is 1. The number of halogens is 4. The van der Waals surface area contributed by atoms with Gasteiger partial charge in [0.25, 0.3) is 0 Å². The lowest BCUT2D eigenvalue weighted by Crippen LogP contribution is -2.06. The van der Waals surface area contributed by atoms with Crippen LogP contribution in [0.25, 0.3) is 11.4 Å². The van der Waals surface area contributed by atoms with Crippen LogP contribution in [-0.4, -0.2) is 20.4 Å². The minimum absolute atomic E-state index is 0.160. The maximum atomic E-state index is 13.5. The number of aryl methyl sites for hydroxylation is 1. The average molecular weight is 258 g/mol. The van der Waals surface area contributed by atoms with Crippen LogP contribution in [0.4, 0.5) is 17.6 Å². The molecule has 1 heterocycles. The molecule has 4 nitrogen and oxygen atoms in total. The van der Waals surface area contributed by atoms with E-state index in [1.54, 1.807) is 0 Å². The predicted molar refractivity (Wildman–Crippen MR) is 52.8 cm³/mol. The SMILES string of the molecule is Cc1nnc(-c2ccc(C(F)(F)F)cc2F)nn1. The third kappa shape index (κ3) is 2.41. The molecule has 0 saturated heterocycles. The average Bonchev–Trinajstić information content (AvgIpc) is 2.29. The van der Waals surface area contributed by atoms with Crippen molar-refractivity contribution in [1.82, 2.24) is 20.4 Å². The summed E-state index contributed by atoms with van der Waals surface area (Å²) in [4.78, 5) is 0. The first-order chi connectivity index (χ1) is 8.38. The van der Waals surface area contributed by atoms with Gasteiger partial charge in [-0.1, -0.05) is 0 Å². The highest BCUT2D eigenvalue weighted by molar-refractivity contribution is 5.55. The number of hydrogen-bond donors (Lipinski definition) is 0. The van der Waals surface area contributed by atoms with Crippen LogP contribution in [-0.2, 0) is 6.18 Å². The van der Waals surface area contributed by atoms with Crippen LogP contribution in [0, 0.1) is 12.7 Å². The van der Waals surface area contributed by atoms with E-state index >= 15 is 0 Å². The van der Waals surface area contributed by atoms with Crippen molar-refractivity contribution in [2.24, 2.45) is 0 Å². The molecule has 0 spiro atoms. The van der Waals surface area contributed by atoms with E-state index in [0.29, 0.717) is 6.07 Å². The maximum absolute atomic E-state index is 13.5. The van der Waals surface area contributed by atoms with Gasteiger partial charge < -0.3 is 0 Å². The van der Waals surface area contributed by atoms with Crippen molar-refractivity contribution >= 4 is 0 Å². The van der Waals surface area contributed by atoms with E-state index in [1.807, 2.05) is 0 Å². The van der Waals surface area contributed by atoms with Gasteiger partial charge in [0.2, 0.25) is 5.82 Å². The summed E-state index contributed by atoms with van der Waals surface area (Å²) in [7, 11) is 0. The normalized spacial score (nSPS) is 11.6. The van der Waals surface area contributed by atoms with Crippen LogP contribution in [0.15, 0.2) is 18.2 Å². The first kappa shape index (κ1) is 12.3. The summed E-state index contributed by atoms with van der Waals surface area (Å²) in [6.45, 7) is 1.53. The molecule has 8 heteroatoms. The van der Waals surface area contributed by atoms with Gasteiger partial charge in [-0.15, -0.1) is 20.4 Å². The van der Waals surface area contributed by atoms with Crippen LogP contribution in [0.2, 0.25) is 0 Å². The van der Waals surface area contributed by atoms with Crippen LogP contribution < -0.4 is 0 Å². The van der Waals surface area contributed by atoms with Crippen molar-refractivity contribution in [3.63, 3.8) is 0 Å². The summed E-state index contributed by atoms with van der Waals surface area (Å²) >= 11 is 0. The first-order valence-corrected chi connectivity index (χ1v) is 4.79. The molecule has 18 heavy (non-hydrogen) atoms. The molecule has 1 aromatic heterocycles. The van der Waals surface area contributed by atoms with Gasteiger partial charge in [-0.3, -0.25) is 0 Å². The Morgan fingerprint density at radius 1 is 1.00 bits per heavy atom. The van der Waals surface area contributed by atoms with E-state index in [1.165, 1.54) is 6.92 Å². The van der Waals surface area contributed by atoms with Crippen molar-refractivity contribution in [3.05, 3.63) is 35.4 Å². The second-order valence-corrected chi connectivity index (χ2v) is 3.46. The molecule has 0 unspecified atom stereocenters. The van der Waals surface area contributed by atoms with E-state index < -0.39 is 17.6 Å². The Balaban J connectivity index is 2.45. The molecular formula is C10H6F4N4. The van der Waals surface area contributed by atoms with Gasteiger partial charge >= 0.3 is 6.18 Å². The molecular weight excluding hydrogens is 252 g/mol. The number of aromatic nitrogens is 4. The van der Waals surface area contributed by atoms with Crippen molar-refractivity contribution in [2.45, 2.75) is 13.1 Å². The fraction of sp³-hybridized carbons (Fsp3) is 0.200. The number of rotatable bonds is 1. The molecule has 0 N–H and O–H groups in total. The van der Waals surface area contributed by atoms with Crippen molar-refractivity contribution in [1.29, 1.82) is 0 Å². The molecule has 0 atom stereocenters. The quantitative estimate of drug-likeness (QED) is 0.737. The number of hydrogen-bond acceptors (Lipinski definition) is 4. The lowest BCUT2D eigenvalue weighted by molar-refractivity contribution is -0.137. The fourth-order valence-electron chi connectivity index (χ4n) is 1.26. The molecule has 0 bridgehead atoms. The minimum atomic E-state index is -4.59. The monoisotopic (exact) mass is 258 g/mol. The van der Waals surface area contributed by atoms with Crippen molar-refractivity contribution in [3.8, 4) is 11.4 Å². The van der Waals surface area contributed by atoms with E-state index in [0.717, 1.165) is 12.1 Å². The highest BCUT2D eigenvalue weighted by Crippen LogP contribution is 2.31. The molecule has 0 radical (unpaired) electrons. The summed E-state index contributed by atoms with van der Waals surface area (Å²) in [6, 6.07) is 2.09. The van der Waals surface area contributed by atoms with Gasteiger partial charge in [0.05, 0.1) is 11.1 Å². The van der Waals surface area contributed by atoms with Gasteiger partial charge in [0.15, 0.2) is 5.82 Å². The molecule has 2 rings (SSSR count). The topological polar surface area (TPSA) is 51.6 Å². The molecule has 2 aromatic rings. The van der Waals surface area contributed by atoms with Gasteiger partial charge in [-0.05, 0) is 25.1 Å². The molecule has 1 aromatic carbocycles. The van der Waals surface area contributed by atoms with E-state index in [-0.39, 0.29) is 17.2 Å². The smallest absolute Gasteiger partial charge is 0.206 e. The molecule has 0 aliphatic carbocycles. The highest BCUT2D eigenvalue weighted by atomic mass is 19.4.